The van der Waals surface area contributed by atoms with E-state index in [9.17, 15) is 5.11 Å². The summed E-state index contributed by atoms with van der Waals surface area (Å²) in [7, 11) is 0. The molecule has 0 aliphatic carbocycles. The van der Waals surface area contributed by atoms with Crippen LogP contribution in [-0.4, -0.2) is 22.3 Å². The molecule has 0 rings (SSSR count). The summed E-state index contributed by atoms with van der Waals surface area (Å²) in [5.41, 5.74) is -1.29. The van der Waals surface area contributed by atoms with E-state index >= 15 is 0 Å². The van der Waals surface area contributed by atoms with Gasteiger partial charge in [0.25, 0.3) is 0 Å². The maximum Gasteiger partial charge on any atom is 0.0929 e. The standard InChI is InChI=1S/C9H18N2O/c1-7(6-10)11-8(2,3)9(4,5)12/h7,11-12H,1-5H3. The number of nitrogens with zero attached hydrogens (tertiary/aromatic N) is 1. The van der Waals surface area contributed by atoms with Crippen molar-refractivity contribution in [1.82, 2.24) is 5.32 Å². The van der Waals surface area contributed by atoms with E-state index in [1.165, 1.54) is 0 Å². The van der Waals surface area contributed by atoms with E-state index in [2.05, 4.69) is 11.4 Å². The Balaban J connectivity index is 4.35. The van der Waals surface area contributed by atoms with Crippen LogP contribution in [-0.2, 0) is 0 Å². The highest BCUT2D eigenvalue weighted by Gasteiger charge is 2.35. The van der Waals surface area contributed by atoms with Gasteiger partial charge < -0.3 is 5.11 Å². The molecule has 0 aliphatic rings. The lowest BCUT2D eigenvalue weighted by molar-refractivity contribution is -0.00648. The minimum Gasteiger partial charge on any atom is -0.389 e. The molecule has 0 aliphatic heterocycles. The van der Waals surface area contributed by atoms with Gasteiger partial charge in [-0.1, -0.05) is 0 Å². The first-order chi connectivity index (χ1) is 5.20. The van der Waals surface area contributed by atoms with Gasteiger partial charge in [-0.2, -0.15) is 5.26 Å². The maximum absolute atomic E-state index is 9.72. The van der Waals surface area contributed by atoms with Crippen LogP contribution in [0.3, 0.4) is 0 Å². The fourth-order valence-electron chi connectivity index (χ4n) is 0.750. The van der Waals surface area contributed by atoms with Crippen molar-refractivity contribution in [1.29, 1.82) is 5.26 Å². The van der Waals surface area contributed by atoms with Gasteiger partial charge in [0.15, 0.2) is 0 Å². The van der Waals surface area contributed by atoms with E-state index in [1.54, 1.807) is 20.8 Å². The molecule has 2 N–H and O–H groups in total. The van der Waals surface area contributed by atoms with Crippen LogP contribution in [0.25, 0.3) is 0 Å². The van der Waals surface area contributed by atoms with Gasteiger partial charge in [-0.3, -0.25) is 5.32 Å². The van der Waals surface area contributed by atoms with E-state index < -0.39 is 11.1 Å². The molecule has 0 amide bonds. The average Bonchev–Trinajstić information content (AvgIpc) is 1.84. The van der Waals surface area contributed by atoms with Gasteiger partial charge >= 0.3 is 0 Å². The van der Waals surface area contributed by atoms with E-state index in [0.29, 0.717) is 0 Å². The number of aliphatic hydroxyl groups is 1. The molecule has 0 spiro atoms. The molecule has 1 unspecified atom stereocenters. The molecule has 0 aromatic heterocycles. The number of hydrogen-bond acceptors (Lipinski definition) is 3. The quantitative estimate of drug-likeness (QED) is 0.665. The molecular weight excluding hydrogens is 152 g/mol. The Labute approximate surface area is 74.4 Å². The molecule has 70 valence electrons. The summed E-state index contributed by atoms with van der Waals surface area (Å²) >= 11 is 0. The monoisotopic (exact) mass is 170 g/mol. The van der Waals surface area contributed by atoms with E-state index in [-0.39, 0.29) is 6.04 Å². The summed E-state index contributed by atoms with van der Waals surface area (Å²) in [6.07, 6.45) is 0. The lowest BCUT2D eigenvalue weighted by Crippen LogP contribution is -2.58. The molecule has 0 saturated carbocycles. The van der Waals surface area contributed by atoms with Crippen LogP contribution in [0.4, 0.5) is 0 Å². The van der Waals surface area contributed by atoms with Crippen LogP contribution in [0.2, 0.25) is 0 Å². The largest absolute Gasteiger partial charge is 0.389 e. The first kappa shape index (κ1) is 11.4. The maximum atomic E-state index is 9.72. The van der Waals surface area contributed by atoms with Gasteiger partial charge in [0.05, 0.1) is 17.7 Å². The zero-order chi connectivity index (χ0) is 9.99. The van der Waals surface area contributed by atoms with E-state index in [4.69, 9.17) is 5.26 Å². The lowest BCUT2D eigenvalue weighted by Gasteiger charge is -2.39. The molecule has 0 radical (unpaired) electrons. The molecule has 3 heteroatoms. The summed E-state index contributed by atoms with van der Waals surface area (Å²) in [6.45, 7) is 8.98. The van der Waals surface area contributed by atoms with Crippen molar-refractivity contribution in [3.8, 4) is 6.07 Å². The van der Waals surface area contributed by atoms with E-state index in [1.807, 2.05) is 13.8 Å². The van der Waals surface area contributed by atoms with Gasteiger partial charge in [0.1, 0.15) is 0 Å². The SMILES string of the molecule is CC(C#N)NC(C)(C)C(C)(C)O. The van der Waals surface area contributed by atoms with Crippen LogP contribution >= 0.6 is 0 Å². The summed E-state index contributed by atoms with van der Waals surface area (Å²) < 4.78 is 0. The fraction of sp³-hybridized carbons (Fsp3) is 0.889. The number of nitrogens with one attached hydrogen (secondary N) is 1. The van der Waals surface area contributed by atoms with Gasteiger partial charge in [-0.05, 0) is 34.6 Å². The highest BCUT2D eigenvalue weighted by atomic mass is 16.3. The molecule has 0 fully saturated rings. The van der Waals surface area contributed by atoms with Crippen LogP contribution in [0.15, 0.2) is 0 Å². The van der Waals surface area contributed by atoms with Gasteiger partial charge in [0.2, 0.25) is 0 Å². The zero-order valence-corrected chi connectivity index (χ0v) is 8.47. The highest BCUT2D eigenvalue weighted by Crippen LogP contribution is 2.20. The molecule has 1 atom stereocenters. The van der Waals surface area contributed by atoms with Crippen molar-refractivity contribution in [3.05, 3.63) is 0 Å². The third kappa shape index (κ3) is 2.80. The van der Waals surface area contributed by atoms with Crippen LogP contribution in [0.1, 0.15) is 34.6 Å². The van der Waals surface area contributed by atoms with Crippen molar-refractivity contribution in [2.45, 2.75) is 51.8 Å². The molecule has 0 heterocycles. The third-order valence-electron chi connectivity index (χ3n) is 2.30. The van der Waals surface area contributed by atoms with Crippen molar-refractivity contribution in [2.75, 3.05) is 0 Å². The molecule has 3 nitrogen and oxygen atoms in total. The molecule has 0 aromatic carbocycles. The Hall–Kier alpha value is -0.590. The Morgan fingerprint density at radius 3 is 2.00 bits per heavy atom. The number of nitriles is 1. The van der Waals surface area contributed by atoms with Gasteiger partial charge in [-0.15, -0.1) is 0 Å². The zero-order valence-electron chi connectivity index (χ0n) is 8.47. The Morgan fingerprint density at radius 1 is 1.33 bits per heavy atom. The second-order valence-corrected chi connectivity index (χ2v) is 4.18. The summed E-state index contributed by atoms with van der Waals surface area (Å²) in [4.78, 5) is 0. The molecule has 0 aromatic rings. The Kier molecular flexibility index (Phi) is 3.25. The van der Waals surface area contributed by atoms with Crippen LogP contribution in [0, 0.1) is 11.3 Å². The highest BCUT2D eigenvalue weighted by molar-refractivity contribution is 4.99. The Bertz CT molecular complexity index is 186. The molecule has 0 saturated heterocycles. The first-order valence-electron chi connectivity index (χ1n) is 4.10. The molecule has 0 bridgehead atoms. The fourth-order valence-corrected chi connectivity index (χ4v) is 0.750. The summed E-state index contributed by atoms with van der Waals surface area (Å²) in [5, 5.41) is 21.3. The minimum atomic E-state index is -0.835. The molecule has 12 heavy (non-hydrogen) atoms. The summed E-state index contributed by atoms with van der Waals surface area (Å²) in [6, 6.07) is 1.83. The van der Waals surface area contributed by atoms with E-state index in [0.717, 1.165) is 0 Å². The van der Waals surface area contributed by atoms with Crippen LogP contribution < -0.4 is 5.32 Å². The summed E-state index contributed by atoms with van der Waals surface area (Å²) in [5.74, 6) is 0. The smallest absolute Gasteiger partial charge is 0.0929 e. The second kappa shape index (κ2) is 3.42. The minimum absolute atomic E-state index is 0.244. The van der Waals surface area contributed by atoms with Crippen molar-refractivity contribution >= 4 is 0 Å². The predicted molar refractivity (Wildman–Crippen MR) is 48.6 cm³/mol. The molecular formula is C9H18N2O. The predicted octanol–water partition coefficient (Wildman–Crippen LogP) is 1.04. The third-order valence-corrected chi connectivity index (χ3v) is 2.30. The lowest BCUT2D eigenvalue weighted by atomic mass is 9.85. The number of hydrogen-bond donors (Lipinski definition) is 2. The van der Waals surface area contributed by atoms with Gasteiger partial charge in [0, 0.05) is 5.54 Å². The van der Waals surface area contributed by atoms with Crippen molar-refractivity contribution in [2.24, 2.45) is 0 Å². The van der Waals surface area contributed by atoms with Crippen molar-refractivity contribution in [3.63, 3.8) is 0 Å². The normalized spacial score (nSPS) is 15.4. The second-order valence-electron chi connectivity index (χ2n) is 4.18. The topological polar surface area (TPSA) is 56.0 Å². The number of rotatable bonds is 3. The van der Waals surface area contributed by atoms with Gasteiger partial charge in [-0.25, -0.2) is 0 Å². The average molecular weight is 170 g/mol. The van der Waals surface area contributed by atoms with Crippen molar-refractivity contribution < 1.29 is 5.11 Å². The first-order valence-corrected chi connectivity index (χ1v) is 4.10. The Morgan fingerprint density at radius 2 is 1.75 bits per heavy atom. The van der Waals surface area contributed by atoms with Crippen LogP contribution in [0.5, 0.6) is 0 Å².